The van der Waals surface area contributed by atoms with Crippen LogP contribution in [0.4, 0.5) is 5.69 Å². The molecular weight excluding hydrogens is 292 g/mol. The van der Waals surface area contributed by atoms with E-state index < -0.39 is 5.97 Å². The standard InChI is InChI=1S/C17H22N4O2/c1-10(2)21-13(5)16(12(4)20-21)11(3)18-19-15-8-6-14(7-9-15)17(22)23/h6-10,19H,1-5H3,(H,22,23). The second-order valence-corrected chi connectivity index (χ2v) is 5.78. The van der Waals surface area contributed by atoms with E-state index in [0.717, 1.165) is 28.4 Å². The summed E-state index contributed by atoms with van der Waals surface area (Å²) in [7, 11) is 0. The van der Waals surface area contributed by atoms with Gasteiger partial charge in [-0.15, -0.1) is 0 Å². The van der Waals surface area contributed by atoms with E-state index in [-0.39, 0.29) is 5.56 Å². The maximum atomic E-state index is 10.8. The number of rotatable bonds is 5. The molecule has 0 radical (unpaired) electrons. The highest BCUT2D eigenvalue weighted by Gasteiger charge is 2.15. The van der Waals surface area contributed by atoms with Gasteiger partial charge >= 0.3 is 5.97 Å². The van der Waals surface area contributed by atoms with E-state index in [1.54, 1.807) is 24.3 Å². The molecule has 6 heteroatoms. The normalized spacial score (nSPS) is 11.8. The Morgan fingerprint density at radius 1 is 1.26 bits per heavy atom. The minimum Gasteiger partial charge on any atom is -0.478 e. The number of carboxylic acid groups (broad SMARTS) is 1. The van der Waals surface area contributed by atoms with Crippen LogP contribution < -0.4 is 5.43 Å². The van der Waals surface area contributed by atoms with Crippen molar-refractivity contribution < 1.29 is 9.90 Å². The zero-order valence-corrected chi connectivity index (χ0v) is 14.1. The maximum Gasteiger partial charge on any atom is 0.335 e. The van der Waals surface area contributed by atoms with E-state index in [2.05, 4.69) is 29.5 Å². The molecule has 1 heterocycles. The van der Waals surface area contributed by atoms with Gasteiger partial charge in [0.1, 0.15) is 0 Å². The predicted molar refractivity (Wildman–Crippen MR) is 91.3 cm³/mol. The molecule has 0 spiro atoms. The molecular formula is C17H22N4O2. The first-order valence-electron chi connectivity index (χ1n) is 7.51. The second kappa shape index (κ2) is 6.64. The van der Waals surface area contributed by atoms with Crippen LogP contribution in [0.1, 0.15) is 54.1 Å². The molecule has 0 aliphatic carbocycles. The number of hydrazone groups is 1. The van der Waals surface area contributed by atoms with Crippen molar-refractivity contribution in [1.82, 2.24) is 9.78 Å². The maximum absolute atomic E-state index is 10.8. The van der Waals surface area contributed by atoms with Crippen molar-refractivity contribution in [3.63, 3.8) is 0 Å². The van der Waals surface area contributed by atoms with Crippen LogP contribution in [0, 0.1) is 13.8 Å². The molecule has 1 aromatic carbocycles. The fourth-order valence-electron chi connectivity index (χ4n) is 2.58. The monoisotopic (exact) mass is 314 g/mol. The van der Waals surface area contributed by atoms with Crippen LogP contribution in [0.5, 0.6) is 0 Å². The average molecular weight is 314 g/mol. The summed E-state index contributed by atoms with van der Waals surface area (Å²) in [5, 5.41) is 17.9. The Bertz CT molecular complexity index is 743. The molecule has 1 aromatic heterocycles. The first-order chi connectivity index (χ1) is 10.8. The molecule has 23 heavy (non-hydrogen) atoms. The van der Waals surface area contributed by atoms with Crippen LogP contribution in [0.3, 0.4) is 0 Å². The van der Waals surface area contributed by atoms with E-state index in [1.165, 1.54) is 0 Å². The van der Waals surface area contributed by atoms with Gasteiger partial charge in [-0.05, 0) is 58.9 Å². The second-order valence-electron chi connectivity index (χ2n) is 5.78. The summed E-state index contributed by atoms with van der Waals surface area (Å²) in [4.78, 5) is 10.8. The molecule has 0 fully saturated rings. The summed E-state index contributed by atoms with van der Waals surface area (Å²) in [6, 6.07) is 6.77. The van der Waals surface area contributed by atoms with Crippen LogP contribution in [0.15, 0.2) is 29.4 Å². The minimum absolute atomic E-state index is 0.251. The van der Waals surface area contributed by atoms with Gasteiger partial charge in [-0.1, -0.05) is 0 Å². The number of anilines is 1. The quantitative estimate of drug-likeness (QED) is 0.652. The third kappa shape index (κ3) is 3.59. The number of hydrogen-bond donors (Lipinski definition) is 2. The molecule has 0 saturated heterocycles. The molecule has 0 aliphatic rings. The first kappa shape index (κ1) is 16.7. The van der Waals surface area contributed by atoms with Gasteiger partial charge in [-0.3, -0.25) is 10.1 Å². The van der Waals surface area contributed by atoms with Gasteiger partial charge in [0.2, 0.25) is 0 Å². The molecule has 2 N–H and O–H groups in total. The topological polar surface area (TPSA) is 79.5 Å². The molecule has 6 nitrogen and oxygen atoms in total. The van der Waals surface area contributed by atoms with Gasteiger partial charge in [0.15, 0.2) is 0 Å². The fourth-order valence-corrected chi connectivity index (χ4v) is 2.58. The summed E-state index contributed by atoms with van der Waals surface area (Å²) >= 11 is 0. The van der Waals surface area contributed by atoms with Gasteiger partial charge < -0.3 is 5.11 Å². The lowest BCUT2D eigenvalue weighted by atomic mass is 10.1. The fraction of sp³-hybridized carbons (Fsp3) is 0.353. The molecule has 0 unspecified atom stereocenters. The third-order valence-electron chi connectivity index (χ3n) is 3.66. The largest absolute Gasteiger partial charge is 0.478 e. The third-order valence-corrected chi connectivity index (χ3v) is 3.66. The molecule has 0 saturated carbocycles. The molecule has 0 aliphatic heterocycles. The molecule has 0 amide bonds. The lowest BCUT2D eigenvalue weighted by molar-refractivity contribution is 0.0697. The number of aryl methyl sites for hydroxylation is 1. The number of carbonyl (C=O) groups is 1. The zero-order valence-electron chi connectivity index (χ0n) is 14.1. The van der Waals surface area contributed by atoms with Crippen LogP contribution in [-0.2, 0) is 0 Å². The Morgan fingerprint density at radius 3 is 2.35 bits per heavy atom. The van der Waals surface area contributed by atoms with Crippen LogP contribution in [-0.4, -0.2) is 26.6 Å². The highest BCUT2D eigenvalue weighted by atomic mass is 16.4. The summed E-state index contributed by atoms with van der Waals surface area (Å²) in [5.41, 5.74) is 7.86. The van der Waals surface area contributed by atoms with Gasteiger partial charge in [0.05, 0.1) is 22.7 Å². The van der Waals surface area contributed by atoms with Crippen molar-refractivity contribution in [3.8, 4) is 0 Å². The number of benzene rings is 1. The van der Waals surface area contributed by atoms with Crippen LogP contribution in [0.25, 0.3) is 0 Å². The lowest BCUT2D eigenvalue weighted by Gasteiger charge is -2.09. The highest BCUT2D eigenvalue weighted by Crippen LogP contribution is 2.18. The van der Waals surface area contributed by atoms with E-state index in [9.17, 15) is 4.79 Å². The summed E-state index contributed by atoms with van der Waals surface area (Å²) in [6.07, 6.45) is 0. The van der Waals surface area contributed by atoms with E-state index in [4.69, 9.17) is 5.11 Å². The number of carboxylic acids is 1. The zero-order chi connectivity index (χ0) is 17.1. The van der Waals surface area contributed by atoms with E-state index in [0.29, 0.717) is 6.04 Å². The van der Waals surface area contributed by atoms with Crippen molar-refractivity contribution in [2.45, 2.75) is 40.7 Å². The van der Waals surface area contributed by atoms with Gasteiger partial charge in [-0.25, -0.2) is 4.79 Å². The minimum atomic E-state index is -0.941. The first-order valence-corrected chi connectivity index (χ1v) is 7.51. The Labute approximate surface area is 135 Å². The van der Waals surface area contributed by atoms with Crippen molar-refractivity contribution in [3.05, 3.63) is 46.8 Å². The number of aromatic carboxylic acids is 1. The van der Waals surface area contributed by atoms with Crippen LogP contribution in [0.2, 0.25) is 0 Å². The Balaban J connectivity index is 2.22. The molecule has 122 valence electrons. The molecule has 2 aromatic rings. The smallest absolute Gasteiger partial charge is 0.335 e. The number of nitrogens with one attached hydrogen (secondary N) is 1. The molecule has 2 rings (SSSR count). The SMILES string of the molecule is CC(=NNc1ccc(C(=O)O)cc1)c1c(C)nn(C(C)C)c1C. The van der Waals surface area contributed by atoms with Crippen LogP contribution >= 0.6 is 0 Å². The van der Waals surface area contributed by atoms with Crippen molar-refractivity contribution >= 4 is 17.4 Å². The predicted octanol–water partition coefficient (Wildman–Crippen LogP) is 3.62. The van der Waals surface area contributed by atoms with E-state index >= 15 is 0 Å². The number of hydrogen-bond acceptors (Lipinski definition) is 4. The van der Waals surface area contributed by atoms with Crippen molar-refractivity contribution in [2.75, 3.05) is 5.43 Å². The Kier molecular flexibility index (Phi) is 4.83. The van der Waals surface area contributed by atoms with Gasteiger partial charge in [-0.2, -0.15) is 10.2 Å². The number of aromatic nitrogens is 2. The van der Waals surface area contributed by atoms with Crippen molar-refractivity contribution in [1.29, 1.82) is 0 Å². The van der Waals surface area contributed by atoms with E-state index in [1.807, 2.05) is 25.5 Å². The summed E-state index contributed by atoms with van der Waals surface area (Å²) in [6.45, 7) is 10.1. The number of nitrogens with zero attached hydrogens (tertiary/aromatic N) is 3. The Hall–Kier alpha value is -2.63. The highest BCUT2D eigenvalue weighted by molar-refractivity contribution is 6.01. The van der Waals surface area contributed by atoms with Crippen molar-refractivity contribution in [2.24, 2.45) is 5.10 Å². The van der Waals surface area contributed by atoms with Gasteiger partial charge in [0, 0.05) is 17.3 Å². The lowest BCUT2D eigenvalue weighted by Crippen LogP contribution is -2.07. The molecule has 0 bridgehead atoms. The molecule has 0 atom stereocenters. The summed E-state index contributed by atoms with van der Waals surface area (Å²) in [5.74, 6) is -0.941. The summed E-state index contributed by atoms with van der Waals surface area (Å²) < 4.78 is 1.99. The average Bonchev–Trinajstić information content (AvgIpc) is 2.80. The van der Waals surface area contributed by atoms with Gasteiger partial charge in [0.25, 0.3) is 0 Å². The Morgan fingerprint density at radius 2 is 1.87 bits per heavy atom.